The van der Waals surface area contributed by atoms with E-state index in [1.165, 1.54) is 24.4 Å². The molecule has 0 bridgehead atoms. The van der Waals surface area contributed by atoms with Crippen molar-refractivity contribution < 1.29 is 4.58 Å². The van der Waals surface area contributed by atoms with Gasteiger partial charge in [0.05, 0.1) is 7.05 Å². The van der Waals surface area contributed by atoms with E-state index in [1.807, 2.05) is 0 Å². The molecule has 0 N–H and O–H groups in total. The Hall–Kier alpha value is -1.05. The predicted molar refractivity (Wildman–Crippen MR) is 59.5 cm³/mol. The molecule has 0 fully saturated rings. The molecule has 0 aromatic carbocycles. The van der Waals surface area contributed by atoms with E-state index in [1.54, 1.807) is 0 Å². The molecule has 1 aliphatic carbocycles. The summed E-state index contributed by atoms with van der Waals surface area (Å²) in [5, 5.41) is 0. The summed E-state index contributed by atoms with van der Waals surface area (Å²) >= 11 is 0. The summed E-state index contributed by atoms with van der Waals surface area (Å²) in [6, 6.07) is 0.641. The highest BCUT2D eigenvalue weighted by Crippen LogP contribution is 2.20. The third-order valence-corrected chi connectivity index (χ3v) is 3.35. The Labute approximate surface area is 86.2 Å². The van der Waals surface area contributed by atoms with Crippen molar-refractivity contribution in [3.8, 4) is 0 Å². The molecule has 0 saturated heterocycles. The van der Waals surface area contributed by atoms with Gasteiger partial charge in [-0.1, -0.05) is 12.2 Å². The van der Waals surface area contributed by atoms with Crippen LogP contribution < -0.4 is 0 Å². The largest absolute Gasteiger partial charge is 0.262 e. The Morgan fingerprint density at radius 2 is 2.29 bits per heavy atom. The van der Waals surface area contributed by atoms with Crippen molar-refractivity contribution in [1.29, 1.82) is 0 Å². The highest BCUT2D eigenvalue weighted by atomic mass is 15.3. The summed E-state index contributed by atoms with van der Waals surface area (Å²) in [6.45, 7) is 5.63. The van der Waals surface area contributed by atoms with E-state index < -0.39 is 0 Å². The molecule has 2 heteroatoms. The van der Waals surface area contributed by atoms with Crippen LogP contribution in [0.25, 0.3) is 0 Å². The fraction of sp³-hybridized carbons (Fsp3) is 0.583. The first-order chi connectivity index (χ1) is 6.70. The van der Waals surface area contributed by atoms with E-state index in [0.717, 1.165) is 6.54 Å². The molecule has 14 heavy (non-hydrogen) atoms. The number of rotatable bonds is 1. The number of allylic oxidation sites excluding steroid dienone is 4. The molecular formula is C12H19N2+. The molecule has 1 heterocycles. The number of nitrogens with zero attached hydrogens (tertiary/aromatic N) is 2. The molecule has 2 aliphatic rings. The van der Waals surface area contributed by atoms with E-state index in [9.17, 15) is 0 Å². The van der Waals surface area contributed by atoms with Crippen LogP contribution in [-0.2, 0) is 0 Å². The number of amidine groups is 1. The van der Waals surface area contributed by atoms with Gasteiger partial charge in [0.1, 0.15) is 18.3 Å². The van der Waals surface area contributed by atoms with Gasteiger partial charge >= 0.3 is 0 Å². The van der Waals surface area contributed by atoms with Crippen LogP contribution >= 0.6 is 0 Å². The van der Waals surface area contributed by atoms with Crippen molar-refractivity contribution in [3.63, 3.8) is 0 Å². The topological polar surface area (TPSA) is 6.25 Å². The lowest BCUT2D eigenvalue weighted by atomic mass is 10.1. The van der Waals surface area contributed by atoms with Crippen LogP contribution in [0.2, 0.25) is 0 Å². The quantitative estimate of drug-likeness (QED) is 0.574. The normalized spacial score (nSPS) is 27.2. The predicted octanol–water partition coefficient (Wildman–Crippen LogP) is 1.99. The number of likely N-dealkylation sites (N-methyl/N-ethyl adjacent to an activating group) is 1. The Morgan fingerprint density at radius 3 is 2.79 bits per heavy atom. The van der Waals surface area contributed by atoms with Crippen molar-refractivity contribution >= 4 is 5.84 Å². The summed E-state index contributed by atoms with van der Waals surface area (Å²) in [4.78, 5) is 2.45. The van der Waals surface area contributed by atoms with E-state index >= 15 is 0 Å². The Kier molecular flexibility index (Phi) is 2.44. The monoisotopic (exact) mass is 191 g/mol. The molecule has 0 aromatic rings. The van der Waals surface area contributed by atoms with Crippen LogP contribution in [0.4, 0.5) is 0 Å². The van der Waals surface area contributed by atoms with Gasteiger partial charge in [-0.25, -0.2) is 4.90 Å². The molecule has 2 rings (SSSR count). The lowest BCUT2D eigenvalue weighted by Crippen LogP contribution is -2.26. The Balaban J connectivity index is 2.21. The molecule has 1 atom stereocenters. The third-order valence-electron chi connectivity index (χ3n) is 3.35. The van der Waals surface area contributed by atoms with Crippen LogP contribution in [0.1, 0.15) is 26.7 Å². The fourth-order valence-corrected chi connectivity index (χ4v) is 2.17. The maximum atomic E-state index is 2.45. The summed E-state index contributed by atoms with van der Waals surface area (Å²) in [6.07, 6.45) is 9.04. The molecule has 0 saturated carbocycles. The minimum atomic E-state index is 0.641. The van der Waals surface area contributed by atoms with E-state index in [4.69, 9.17) is 0 Å². The van der Waals surface area contributed by atoms with Gasteiger partial charge in [-0.15, -0.1) is 0 Å². The summed E-state index contributed by atoms with van der Waals surface area (Å²) < 4.78 is 2.36. The highest BCUT2D eigenvalue weighted by Gasteiger charge is 2.33. The van der Waals surface area contributed by atoms with E-state index in [-0.39, 0.29) is 0 Å². The maximum Gasteiger partial charge on any atom is 0.248 e. The maximum absolute atomic E-state index is 2.45. The minimum absolute atomic E-state index is 0.641. The van der Waals surface area contributed by atoms with Gasteiger partial charge in [-0.2, -0.15) is 0 Å². The summed E-state index contributed by atoms with van der Waals surface area (Å²) in [5.74, 6) is 1.39. The zero-order valence-corrected chi connectivity index (χ0v) is 9.33. The van der Waals surface area contributed by atoms with Gasteiger partial charge in [-0.3, -0.25) is 4.58 Å². The van der Waals surface area contributed by atoms with Crippen LogP contribution in [0.5, 0.6) is 0 Å². The van der Waals surface area contributed by atoms with E-state index in [0.29, 0.717) is 6.04 Å². The van der Waals surface area contributed by atoms with Crippen molar-refractivity contribution in [2.24, 2.45) is 0 Å². The minimum Gasteiger partial charge on any atom is -0.262 e. The molecule has 0 radical (unpaired) electrons. The Morgan fingerprint density at radius 1 is 1.50 bits per heavy atom. The van der Waals surface area contributed by atoms with Gasteiger partial charge in [-0.05, 0) is 19.4 Å². The van der Waals surface area contributed by atoms with Crippen LogP contribution in [-0.4, -0.2) is 34.9 Å². The smallest absolute Gasteiger partial charge is 0.248 e. The number of hydrogen-bond donors (Lipinski definition) is 0. The molecule has 2 nitrogen and oxygen atoms in total. The number of hydrogen-bond acceptors (Lipinski definition) is 1. The third kappa shape index (κ3) is 1.49. The lowest BCUT2D eigenvalue weighted by Gasteiger charge is -2.15. The summed E-state index contributed by atoms with van der Waals surface area (Å²) in [5.41, 5.74) is 1.47. The Bertz CT molecular complexity index is 323. The van der Waals surface area contributed by atoms with Gasteiger partial charge in [0.2, 0.25) is 5.84 Å². The average Bonchev–Trinajstić information content (AvgIpc) is 2.47. The molecule has 0 aromatic heterocycles. The van der Waals surface area contributed by atoms with Crippen LogP contribution in [0.15, 0.2) is 23.9 Å². The molecule has 0 unspecified atom stereocenters. The zero-order valence-electron chi connectivity index (χ0n) is 9.33. The molecular weight excluding hydrogens is 172 g/mol. The van der Waals surface area contributed by atoms with Gasteiger partial charge in [0, 0.05) is 13.3 Å². The highest BCUT2D eigenvalue weighted by molar-refractivity contribution is 5.78. The second-order valence-corrected chi connectivity index (χ2v) is 4.24. The second-order valence-electron chi connectivity index (χ2n) is 4.24. The van der Waals surface area contributed by atoms with Crippen molar-refractivity contribution in [2.75, 3.05) is 13.6 Å². The molecule has 0 spiro atoms. The molecule has 1 aliphatic heterocycles. The second kappa shape index (κ2) is 3.60. The van der Waals surface area contributed by atoms with Gasteiger partial charge in [0.25, 0.3) is 0 Å². The zero-order chi connectivity index (χ0) is 10.1. The average molecular weight is 191 g/mol. The van der Waals surface area contributed by atoms with Gasteiger partial charge in [0.15, 0.2) is 0 Å². The summed E-state index contributed by atoms with van der Waals surface area (Å²) in [7, 11) is 2.18. The standard InChI is InChI=1S/C12H19N2/c1-10-9-14(11(2)13(10)3)12-7-5-4-6-8-12/h4-5,7,10H,6,8-9H2,1-3H3/q+1/t10-/m1/s1. The van der Waals surface area contributed by atoms with E-state index in [2.05, 4.69) is 48.6 Å². The van der Waals surface area contributed by atoms with Crippen molar-refractivity contribution in [2.45, 2.75) is 32.7 Å². The van der Waals surface area contributed by atoms with Crippen LogP contribution in [0.3, 0.4) is 0 Å². The van der Waals surface area contributed by atoms with Crippen molar-refractivity contribution in [3.05, 3.63) is 23.9 Å². The molecule has 0 amide bonds. The molecule has 76 valence electrons. The lowest BCUT2D eigenvalue weighted by molar-refractivity contribution is -0.523. The van der Waals surface area contributed by atoms with Crippen molar-refractivity contribution in [1.82, 2.24) is 4.90 Å². The first kappa shape index (κ1) is 9.50. The van der Waals surface area contributed by atoms with Gasteiger partial charge < -0.3 is 0 Å². The fourth-order valence-electron chi connectivity index (χ4n) is 2.17. The van der Waals surface area contributed by atoms with Crippen LogP contribution in [0, 0.1) is 0 Å². The first-order valence-electron chi connectivity index (χ1n) is 5.40. The SMILES string of the molecule is CC1=[N+](C)[C@H](C)CN1C1=CC=CCC1. The first-order valence-corrected chi connectivity index (χ1v) is 5.40.